The van der Waals surface area contributed by atoms with Crippen molar-refractivity contribution in [2.75, 3.05) is 0 Å². The van der Waals surface area contributed by atoms with Gasteiger partial charge in [0.05, 0.1) is 10.5 Å². The molecule has 0 atom stereocenters. The van der Waals surface area contributed by atoms with E-state index in [1.807, 2.05) is 29.8 Å². The van der Waals surface area contributed by atoms with Gasteiger partial charge in [-0.15, -0.1) is 0 Å². The van der Waals surface area contributed by atoms with Gasteiger partial charge < -0.3 is 15.5 Å². The molecule has 4 rings (SSSR count). The molecule has 0 unspecified atom stereocenters. The largest absolute Gasteiger partial charge is 0.409 e. The summed E-state index contributed by atoms with van der Waals surface area (Å²) in [6.45, 7) is 0. The number of hydrogen-bond acceptors (Lipinski definition) is 3. The number of halogens is 2. The van der Waals surface area contributed by atoms with Crippen LogP contribution in [0, 0.1) is 0 Å². The molecule has 2 heterocycles. The van der Waals surface area contributed by atoms with Crippen LogP contribution in [0.25, 0.3) is 33.1 Å². The molecule has 142 valence electrons. The van der Waals surface area contributed by atoms with Gasteiger partial charge in [0.1, 0.15) is 5.65 Å². The van der Waals surface area contributed by atoms with Crippen molar-refractivity contribution in [2.24, 2.45) is 25.0 Å². The lowest BCUT2D eigenvalue weighted by atomic mass is 10.0. The molecule has 0 saturated carbocycles. The minimum atomic E-state index is -0.167. The van der Waals surface area contributed by atoms with Gasteiger partial charge in [-0.2, -0.15) is 0 Å². The van der Waals surface area contributed by atoms with Crippen molar-refractivity contribution in [1.82, 2.24) is 9.13 Å². The highest BCUT2D eigenvalue weighted by molar-refractivity contribution is 6.36. The Morgan fingerprint density at radius 3 is 2.43 bits per heavy atom. The first-order valence-corrected chi connectivity index (χ1v) is 9.14. The van der Waals surface area contributed by atoms with Crippen LogP contribution in [0.1, 0.15) is 5.56 Å². The number of aromatic nitrogens is 2. The summed E-state index contributed by atoms with van der Waals surface area (Å²) in [6.07, 6.45) is 0. The maximum Gasteiger partial charge on any atom is 0.259 e. The first kappa shape index (κ1) is 18.4. The summed E-state index contributed by atoms with van der Waals surface area (Å²) >= 11 is 12.3. The predicted molar refractivity (Wildman–Crippen MR) is 114 cm³/mol. The van der Waals surface area contributed by atoms with E-state index in [9.17, 15) is 4.79 Å². The molecule has 0 amide bonds. The van der Waals surface area contributed by atoms with Crippen LogP contribution in [0.15, 0.2) is 52.4 Å². The maximum atomic E-state index is 13.1. The fourth-order valence-electron chi connectivity index (χ4n) is 3.61. The summed E-state index contributed by atoms with van der Waals surface area (Å²) < 4.78 is 3.54. The summed E-state index contributed by atoms with van der Waals surface area (Å²) in [5.41, 5.74) is 8.92. The third-order valence-corrected chi connectivity index (χ3v) is 5.52. The quantitative estimate of drug-likeness (QED) is 0.224. The van der Waals surface area contributed by atoms with E-state index in [2.05, 4.69) is 5.16 Å². The van der Waals surface area contributed by atoms with E-state index < -0.39 is 0 Å². The Balaban J connectivity index is 2.13. The van der Waals surface area contributed by atoms with Crippen molar-refractivity contribution in [3.8, 4) is 11.1 Å². The van der Waals surface area contributed by atoms with Crippen LogP contribution in [0.2, 0.25) is 10.0 Å². The van der Waals surface area contributed by atoms with Gasteiger partial charge in [0.25, 0.3) is 5.56 Å². The van der Waals surface area contributed by atoms with E-state index in [1.54, 1.807) is 35.9 Å². The van der Waals surface area contributed by atoms with E-state index in [-0.39, 0.29) is 11.4 Å². The van der Waals surface area contributed by atoms with Crippen molar-refractivity contribution in [2.45, 2.75) is 0 Å². The first-order chi connectivity index (χ1) is 13.3. The Hall–Kier alpha value is -2.96. The van der Waals surface area contributed by atoms with Gasteiger partial charge >= 0.3 is 0 Å². The number of aryl methyl sites for hydroxylation is 2. The molecule has 2 aromatic carbocycles. The molecule has 0 fully saturated rings. The summed E-state index contributed by atoms with van der Waals surface area (Å²) in [4.78, 5) is 13.1. The van der Waals surface area contributed by atoms with E-state index in [4.69, 9.17) is 34.1 Å². The number of amidine groups is 1. The Kier molecular flexibility index (Phi) is 4.33. The molecular formula is C20H16Cl2N4O2. The second-order valence-corrected chi connectivity index (χ2v) is 7.40. The number of fused-ring (bicyclic) bond motifs is 3. The number of hydrogen-bond donors (Lipinski definition) is 2. The number of benzene rings is 2. The first-order valence-electron chi connectivity index (χ1n) is 8.39. The molecule has 2 aromatic heterocycles. The molecule has 3 N–H and O–H groups in total. The Bertz CT molecular complexity index is 1350. The predicted octanol–water partition coefficient (Wildman–Crippen LogP) is 4.10. The normalized spacial score (nSPS) is 12.2. The summed E-state index contributed by atoms with van der Waals surface area (Å²) in [5, 5.41) is 14.7. The monoisotopic (exact) mass is 414 g/mol. The van der Waals surface area contributed by atoms with E-state index in [0.29, 0.717) is 26.7 Å². The number of oxime groups is 1. The Morgan fingerprint density at radius 1 is 1.00 bits per heavy atom. The van der Waals surface area contributed by atoms with Crippen LogP contribution >= 0.6 is 23.2 Å². The van der Waals surface area contributed by atoms with Crippen LogP contribution in [-0.2, 0) is 14.1 Å². The number of nitrogens with zero attached hydrogens (tertiary/aromatic N) is 3. The van der Waals surface area contributed by atoms with Gasteiger partial charge in [-0.05, 0) is 36.4 Å². The van der Waals surface area contributed by atoms with Crippen molar-refractivity contribution in [3.05, 3.63) is 68.4 Å². The minimum absolute atomic E-state index is 0.0182. The molecular weight excluding hydrogens is 399 g/mol. The van der Waals surface area contributed by atoms with Gasteiger partial charge in [-0.25, -0.2) is 0 Å². The molecule has 8 heteroatoms. The molecule has 0 aliphatic carbocycles. The van der Waals surface area contributed by atoms with Crippen molar-refractivity contribution in [1.29, 1.82) is 0 Å². The third-order valence-electron chi connectivity index (χ3n) is 4.97. The van der Waals surface area contributed by atoms with Gasteiger partial charge in [0.15, 0.2) is 5.84 Å². The summed E-state index contributed by atoms with van der Waals surface area (Å²) in [5.74, 6) is 0.0182. The summed E-state index contributed by atoms with van der Waals surface area (Å²) in [6, 6.07) is 12.4. The molecule has 0 saturated heterocycles. The molecule has 0 bridgehead atoms. The fourth-order valence-corrected chi connectivity index (χ4v) is 4.12. The standard InChI is InChI=1S/C20H16Cl2N4O2/c1-25-17-6-3-10(18(23)24-28)7-13(17)14-9-15(20(27)26(2)19(14)25)12-5-4-11(21)8-16(12)22/h3-9,28H,1-2H3,(H2,23,24). The lowest BCUT2D eigenvalue weighted by Crippen LogP contribution is -2.20. The second kappa shape index (κ2) is 6.58. The van der Waals surface area contributed by atoms with Crippen LogP contribution in [0.3, 0.4) is 0 Å². The number of pyridine rings is 1. The van der Waals surface area contributed by atoms with E-state index in [0.717, 1.165) is 21.9 Å². The fraction of sp³-hybridized carbons (Fsp3) is 0.100. The summed E-state index contributed by atoms with van der Waals surface area (Å²) in [7, 11) is 3.61. The van der Waals surface area contributed by atoms with Crippen LogP contribution in [-0.4, -0.2) is 20.2 Å². The van der Waals surface area contributed by atoms with Crippen LogP contribution in [0.4, 0.5) is 0 Å². The van der Waals surface area contributed by atoms with Gasteiger partial charge in [-0.3, -0.25) is 9.36 Å². The highest BCUT2D eigenvalue weighted by Gasteiger charge is 2.18. The van der Waals surface area contributed by atoms with Crippen molar-refractivity contribution >= 4 is 51.0 Å². The van der Waals surface area contributed by atoms with Crippen molar-refractivity contribution < 1.29 is 5.21 Å². The van der Waals surface area contributed by atoms with E-state index in [1.165, 1.54) is 0 Å². The average Bonchev–Trinajstić information content (AvgIpc) is 2.96. The highest BCUT2D eigenvalue weighted by atomic mass is 35.5. The molecule has 28 heavy (non-hydrogen) atoms. The lowest BCUT2D eigenvalue weighted by Gasteiger charge is -2.09. The molecule has 4 aromatic rings. The lowest BCUT2D eigenvalue weighted by molar-refractivity contribution is 0.318. The minimum Gasteiger partial charge on any atom is -0.409 e. The molecule has 0 radical (unpaired) electrons. The zero-order chi connectivity index (χ0) is 20.2. The highest BCUT2D eigenvalue weighted by Crippen LogP contribution is 2.33. The Morgan fingerprint density at radius 2 is 1.75 bits per heavy atom. The molecule has 6 nitrogen and oxygen atoms in total. The zero-order valence-corrected chi connectivity index (χ0v) is 16.6. The third kappa shape index (κ3) is 2.65. The van der Waals surface area contributed by atoms with Crippen LogP contribution in [0.5, 0.6) is 0 Å². The zero-order valence-electron chi connectivity index (χ0n) is 15.1. The molecule has 0 aliphatic heterocycles. The van der Waals surface area contributed by atoms with Crippen molar-refractivity contribution in [3.63, 3.8) is 0 Å². The Labute approximate surface area is 170 Å². The average molecular weight is 415 g/mol. The number of nitrogens with two attached hydrogens (primary N) is 1. The number of rotatable bonds is 2. The molecule has 0 aliphatic rings. The van der Waals surface area contributed by atoms with Gasteiger partial charge in [-0.1, -0.05) is 34.4 Å². The SMILES string of the molecule is Cn1c(=O)c(-c2ccc(Cl)cc2Cl)cc2c3cc(/C(N)=N/O)ccc3n(C)c21. The smallest absolute Gasteiger partial charge is 0.259 e. The van der Waals surface area contributed by atoms with E-state index >= 15 is 0 Å². The molecule has 0 spiro atoms. The van der Waals surface area contributed by atoms with Crippen LogP contribution < -0.4 is 11.3 Å². The van der Waals surface area contributed by atoms with Gasteiger partial charge in [0.2, 0.25) is 0 Å². The maximum absolute atomic E-state index is 13.1. The second-order valence-electron chi connectivity index (χ2n) is 6.56. The van der Waals surface area contributed by atoms with Gasteiger partial charge in [0, 0.05) is 46.6 Å². The topological polar surface area (TPSA) is 85.5 Å².